The van der Waals surface area contributed by atoms with E-state index in [2.05, 4.69) is 10.2 Å². The van der Waals surface area contributed by atoms with Gasteiger partial charge in [-0.2, -0.15) is 18.6 Å². The summed E-state index contributed by atoms with van der Waals surface area (Å²) in [5.74, 6) is 4.13. The van der Waals surface area contributed by atoms with Gasteiger partial charge >= 0.3 is 0 Å². The fourth-order valence-electron chi connectivity index (χ4n) is 0.984. The first kappa shape index (κ1) is 13.5. The lowest BCUT2D eigenvalue weighted by atomic mass is 10.1. The van der Waals surface area contributed by atoms with Gasteiger partial charge < -0.3 is 0 Å². The molecule has 0 aliphatic rings. The van der Waals surface area contributed by atoms with Crippen molar-refractivity contribution in [3.63, 3.8) is 0 Å². The largest absolute Gasteiger partial charge is 0.300 e. The van der Waals surface area contributed by atoms with Gasteiger partial charge in [0.25, 0.3) is 10.1 Å². The van der Waals surface area contributed by atoms with Crippen molar-refractivity contribution >= 4 is 15.9 Å². The van der Waals surface area contributed by atoms with E-state index in [0.717, 1.165) is 19.3 Å². The van der Waals surface area contributed by atoms with Crippen LogP contribution in [0, 0.1) is 0 Å². The van der Waals surface area contributed by atoms with Gasteiger partial charge in [-0.25, -0.2) is 0 Å². The van der Waals surface area contributed by atoms with Gasteiger partial charge in [-0.3, -0.25) is 4.79 Å². The molecule has 0 rings (SSSR count). The van der Waals surface area contributed by atoms with Gasteiger partial charge in [0.05, 0.1) is 5.75 Å². The number of hydrogen-bond donors (Lipinski definition) is 1. The summed E-state index contributed by atoms with van der Waals surface area (Å²) < 4.78 is 25.2. The topological polar surface area (TPSA) is 86.5 Å². The number of ketones is 1. The van der Waals surface area contributed by atoms with E-state index in [0.29, 0.717) is 6.42 Å². The number of carbonyl (C=O) groups is 1. The van der Waals surface area contributed by atoms with Crippen LogP contribution in [0.25, 0.3) is 0 Å². The normalized spacial score (nSPS) is 11.6. The summed E-state index contributed by atoms with van der Waals surface area (Å²) in [6, 6.07) is 0. The lowest BCUT2D eigenvalue weighted by Gasteiger charge is -2.00. The minimum absolute atomic E-state index is 0.0107. The molecule has 0 aromatic carbocycles. The minimum Gasteiger partial charge on any atom is -0.300 e. The second kappa shape index (κ2) is 6.92. The van der Waals surface area contributed by atoms with E-state index in [1.807, 2.05) is 6.92 Å². The van der Waals surface area contributed by atoms with Gasteiger partial charge in [0.1, 0.15) is 5.78 Å². The third-order valence-electron chi connectivity index (χ3n) is 1.84. The minimum atomic E-state index is -3.69. The number of rotatable bonds is 8. The number of unbranched alkanes of at least 4 members (excludes halogenated alkanes) is 2. The Morgan fingerprint density at radius 1 is 1.29 bits per heavy atom. The molecule has 0 saturated heterocycles. The Kier molecular flexibility index (Phi) is 6.69. The fourth-order valence-corrected chi connectivity index (χ4v) is 1.56. The van der Waals surface area contributed by atoms with Crippen LogP contribution in [0.5, 0.6) is 0 Å². The first-order valence-electron chi connectivity index (χ1n) is 4.64. The van der Waals surface area contributed by atoms with Crippen LogP contribution < -0.4 is 5.90 Å². The zero-order chi connectivity index (χ0) is 11.0. The molecule has 2 N–H and O–H groups in total. The first-order chi connectivity index (χ1) is 6.52. The van der Waals surface area contributed by atoms with E-state index in [4.69, 9.17) is 0 Å². The molecule has 0 unspecified atom stereocenters. The van der Waals surface area contributed by atoms with Crippen LogP contribution >= 0.6 is 0 Å². The summed E-state index contributed by atoms with van der Waals surface area (Å²) in [5, 5.41) is 0. The monoisotopic (exact) mass is 223 g/mol. The highest BCUT2D eigenvalue weighted by Gasteiger charge is 2.12. The molecule has 0 aliphatic heterocycles. The summed E-state index contributed by atoms with van der Waals surface area (Å²) in [4.78, 5) is 11.1. The van der Waals surface area contributed by atoms with Crippen molar-refractivity contribution in [2.75, 3.05) is 5.75 Å². The average molecular weight is 223 g/mol. The molecule has 0 bridgehead atoms. The maximum Gasteiger partial charge on any atom is 0.283 e. The quantitative estimate of drug-likeness (QED) is 0.484. The molecule has 0 amide bonds. The predicted molar refractivity (Wildman–Crippen MR) is 52.8 cm³/mol. The van der Waals surface area contributed by atoms with E-state index < -0.39 is 10.1 Å². The van der Waals surface area contributed by atoms with Crippen molar-refractivity contribution < 1.29 is 17.5 Å². The molecule has 0 radical (unpaired) electrons. The van der Waals surface area contributed by atoms with Crippen molar-refractivity contribution in [1.82, 2.24) is 0 Å². The van der Waals surface area contributed by atoms with Crippen LogP contribution in [0.15, 0.2) is 0 Å². The highest BCUT2D eigenvalue weighted by Crippen LogP contribution is 2.03. The van der Waals surface area contributed by atoms with Crippen molar-refractivity contribution in [2.45, 2.75) is 39.0 Å². The molecule has 5 nitrogen and oxygen atoms in total. The number of nitrogens with two attached hydrogens (primary N) is 1. The molecule has 0 aromatic heterocycles. The summed E-state index contributed by atoms with van der Waals surface area (Å²) in [6.07, 6.45) is 3.28. The van der Waals surface area contributed by atoms with Crippen LogP contribution in [-0.2, 0) is 19.2 Å². The second-order valence-electron chi connectivity index (χ2n) is 3.10. The van der Waals surface area contributed by atoms with Crippen LogP contribution in [-0.4, -0.2) is 20.0 Å². The van der Waals surface area contributed by atoms with Crippen LogP contribution in [0.1, 0.15) is 39.0 Å². The van der Waals surface area contributed by atoms with Gasteiger partial charge in [-0.1, -0.05) is 19.8 Å². The van der Waals surface area contributed by atoms with Crippen LogP contribution in [0.3, 0.4) is 0 Å². The SMILES string of the molecule is CCCCCC(=O)CCS(=O)(=O)ON. The standard InChI is InChI=1S/C8H17NO4S/c1-2-3-4-5-8(10)6-7-14(11,12)13-9/h2-7,9H2,1H3. The molecule has 0 atom stereocenters. The Morgan fingerprint density at radius 3 is 2.43 bits per heavy atom. The summed E-state index contributed by atoms with van der Waals surface area (Å²) in [7, 11) is -3.69. The van der Waals surface area contributed by atoms with Gasteiger partial charge in [-0.05, 0) is 6.42 Å². The first-order valence-corrected chi connectivity index (χ1v) is 6.22. The van der Waals surface area contributed by atoms with Crippen molar-refractivity contribution in [2.24, 2.45) is 5.90 Å². The zero-order valence-corrected chi connectivity index (χ0v) is 9.18. The molecular weight excluding hydrogens is 206 g/mol. The smallest absolute Gasteiger partial charge is 0.283 e. The second-order valence-corrected chi connectivity index (χ2v) is 4.82. The van der Waals surface area contributed by atoms with Gasteiger partial charge in [0.15, 0.2) is 0 Å². The molecule has 0 aliphatic carbocycles. The lowest BCUT2D eigenvalue weighted by molar-refractivity contribution is -0.118. The lowest BCUT2D eigenvalue weighted by Crippen LogP contribution is -2.17. The van der Waals surface area contributed by atoms with E-state index in [9.17, 15) is 13.2 Å². The molecule has 14 heavy (non-hydrogen) atoms. The molecule has 0 aromatic rings. The Hall–Kier alpha value is -0.460. The van der Waals surface area contributed by atoms with Crippen molar-refractivity contribution in [3.05, 3.63) is 0 Å². The Morgan fingerprint density at radius 2 is 1.93 bits per heavy atom. The van der Waals surface area contributed by atoms with Gasteiger partial charge in [-0.15, -0.1) is 0 Å². The highest BCUT2D eigenvalue weighted by molar-refractivity contribution is 7.86. The molecule has 0 heterocycles. The summed E-state index contributed by atoms with van der Waals surface area (Å²) in [5.41, 5.74) is 0. The maximum absolute atomic E-state index is 11.1. The Balaban J connectivity index is 3.64. The zero-order valence-electron chi connectivity index (χ0n) is 8.36. The van der Waals surface area contributed by atoms with E-state index >= 15 is 0 Å². The third-order valence-corrected chi connectivity index (χ3v) is 2.83. The molecule has 6 heteroatoms. The molecule has 0 fully saturated rings. The third kappa shape index (κ3) is 6.99. The van der Waals surface area contributed by atoms with Gasteiger partial charge in [0, 0.05) is 12.8 Å². The predicted octanol–water partition coefficient (Wildman–Crippen LogP) is 0.746. The summed E-state index contributed by atoms with van der Waals surface area (Å²) in [6.45, 7) is 2.04. The van der Waals surface area contributed by atoms with Crippen LogP contribution in [0.2, 0.25) is 0 Å². The molecule has 84 valence electrons. The molecule has 0 spiro atoms. The Bertz CT molecular complexity index is 261. The van der Waals surface area contributed by atoms with E-state index in [1.54, 1.807) is 0 Å². The fraction of sp³-hybridized carbons (Fsp3) is 0.875. The molecule has 0 saturated carbocycles. The van der Waals surface area contributed by atoms with Gasteiger partial charge in [0.2, 0.25) is 0 Å². The number of Topliss-reactive ketones (excluding diaryl/α,β-unsaturated/α-hetero) is 1. The highest BCUT2D eigenvalue weighted by atomic mass is 32.2. The van der Waals surface area contributed by atoms with Crippen molar-refractivity contribution in [1.29, 1.82) is 0 Å². The van der Waals surface area contributed by atoms with Crippen LogP contribution in [0.4, 0.5) is 0 Å². The van der Waals surface area contributed by atoms with E-state index in [1.165, 1.54) is 0 Å². The Labute approximate surface area is 84.7 Å². The maximum atomic E-state index is 11.1. The number of hydrogen-bond acceptors (Lipinski definition) is 5. The average Bonchev–Trinajstić information content (AvgIpc) is 2.16. The summed E-state index contributed by atoms with van der Waals surface area (Å²) >= 11 is 0. The number of carbonyl (C=O) groups excluding carboxylic acids is 1. The molecular formula is C8H17NO4S. The van der Waals surface area contributed by atoms with Crippen molar-refractivity contribution in [3.8, 4) is 0 Å². The van der Waals surface area contributed by atoms with E-state index in [-0.39, 0.29) is 18.0 Å².